The van der Waals surface area contributed by atoms with Gasteiger partial charge in [-0.15, -0.1) is 0 Å². The predicted molar refractivity (Wildman–Crippen MR) is 77.7 cm³/mol. The van der Waals surface area contributed by atoms with Crippen LogP contribution in [0, 0.1) is 11.8 Å². The highest BCUT2D eigenvalue weighted by atomic mass is 32.1. The topological polar surface area (TPSA) is 51.2 Å². The van der Waals surface area contributed by atoms with Crippen molar-refractivity contribution >= 4 is 22.4 Å². The second kappa shape index (κ2) is 6.37. The highest BCUT2D eigenvalue weighted by molar-refractivity contribution is 7.17. The monoisotopic (exact) mass is 282 g/mol. The van der Waals surface area contributed by atoms with Gasteiger partial charge in [0.15, 0.2) is 5.13 Å². The number of nitrogens with zero attached hydrogens (tertiary/aromatic N) is 1. The standard InChI is InChI=1S/C14H22N2O2S/c1-9(2)10-6-4-5-7-11(10)16-14-15-8-12(19-14)13(17)18-3/h8-11H,4-7H2,1-3H3,(H,15,16). The Morgan fingerprint density at radius 1 is 1.47 bits per heavy atom. The SMILES string of the molecule is COC(=O)c1cnc(NC2CCCCC2C(C)C)s1. The van der Waals surface area contributed by atoms with E-state index < -0.39 is 0 Å². The minimum Gasteiger partial charge on any atom is -0.465 e. The fourth-order valence-corrected chi connectivity index (χ4v) is 3.63. The van der Waals surface area contributed by atoms with Crippen molar-refractivity contribution in [3.63, 3.8) is 0 Å². The van der Waals surface area contributed by atoms with Crippen LogP contribution in [0.1, 0.15) is 49.2 Å². The molecule has 0 aromatic carbocycles. The normalized spacial score (nSPS) is 23.4. The smallest absolute Gasteiger partial charge is 0.349 e. The number of methoxy groups -OCH3 is 1. The number of carbonyl (C=O) groups excluding carboxylic acids is 1. The van der Waals surface area contributed by atoms with Crippen LogP contribution in [-0.2, 0) is 4.74 Å². The van der Waals surface area contributed by atoms with Gasteiger partial charge < -0.3 is 10.1 Å². The van der Waals surface area contributed by atoms with E-state index in [0.29, 0.717) is 22.8 Å². The zero-order chi connectivity index (χ0) is 13.8. The molecule has 1 aromatic rings. The van der Waals surface area contributed by atoms with E-state index in [1.807, 2.05) is 0 Å². The molecule has 19 heavy (non-hydrogen) atoms. The first-order chi connectivity index (χ1) is 9.11. The van der Waals surface area contributed by atoms with Crippen molar-refractivity contribution in [2.75, 3.05) is 12.4 Å². The van der Waals surface area contributed by atoms with Crippen LogP contribution < -0.4 is 5.32 Å². The van der Waals surface area contributed by atoms with Crippen LogP contribution in [0.25, 0.3) is 0 Å². The van der Waals surface area contributed by atoms with Gasteiger partial charge in [0.25, 0.3) is 0 Å². The summed E-state index contributed by atoms with van der Waals surface area (Å²) in [7, 11) is 1.39. The Hall–Kier alpha value is -1.10. The summed E-state index contributed by atoms with van der Waals surface area (Å²) in [6, 6.07) is 0.477. The van der Waals surface area contributed by atoms with E-state index >= 15 is 0 Å². The molecule has 2 atom stereocenters. The molecule has 1 aliphatic carbocycles. The highest BCUT2D eigenvalue weighted by Crippen LogP contribution is 2.33. The van der Waals surface area contributed by atoms with Gasteiger partial charge in [-0.1, -0.05) is 38.0 Å². The Morgan fingerprint density at radius 3 is 2.89 bits per heavy atom. The number of anilines is 1. The molecule has 2 unspecified atom stereocenters. The lowest BCUT2D eigenvalue weighted by molar-refractivity contribution is 0.0606. The molecule has 0 radical (unpaired) electrons. The van der Waals surface area contributed by atoms with Gasteiger partial charge in [-0.3, -0.25) is 0 Å². The third kappa shape index (κ3) is 3.47. The van der Waals surface area contributed by atoms with Crippen molar-refractivity contribution in [1.82, 2.24) is 4.98 Å². The third-order valence-electron chi connectivity index (χ3n) is 3.88. The van der Waals surface area contributed by atoms with E-state index in [1.165, 1.54) is 44.1 Å². The van der Waals surface area contributed by atoms with Crippen molar-refractivity contribution in [3.05, 3.63) is 11.1 Å². The number of aromatic nitrogens is 1. The van der Waals surface area contributed by atoms with Crippen LogP contribution in [0.2, 0.25) is 0 Å². The first-order valence-corrected chi connectivity index (χ1v) is 7.74. The molecular weight excluding hydrogens is 260 g/mol. The lowest BCUT2D eigenvalue weighted by Gasteiger charge is -2.34. The molecule has 1 aliphatic rings. The lowest BCUT2D eigenvalue weighted by Crippen LogP contribution is -2.35. The minimum atomic E-state index is -0.311. The second-order valence-electron chi connectivity index (χ2n) is 5.46. The Morgan fingerprint density at radius 2 is 2.21 bits per heavy atom. The maximum absolute atomic E-state index is 11.4. The van der Waals surface area contributed by atoms with E-state index in [4.69, 9.17) is 4.74 Å². The summed E-state index contributed by atoms with van der Waals surface area (Å²) in [6.45, 7) is 4.57. The van der Waals surface area contributed by atoms with Crippen molar-refractivity contribution in [2.24, 2.45) is 11.8 Å². The third-order valence-corrected chi connectivity index (χ3v) is 4.79. The zero-order valence-corrected chi connectivity index (χ0v) is 12.6. The summed E-state index contributed by atoms with van der Waals surface area (Å²) in [6.07, 6.45) is 6.66. The second-order valence-corrected chi connectivity index (χ2v) is 6.50. The average molecular weight is 282 g/mol. The van der Waals surface area contributed by atoms with E-state index in [-0.39, 0.29) is 5.97 Å². The summed E-state index contributed by atoms with van der Waals surface area (Å²) in [5.74, 6) is 1.06. The van der Waals surface area contributed by atoms with Gasteiger partial charge in [0.2, 0.25) is 0 Å². The molecule has 1 saturated carbocycles. The van der Waals surface area contributed by atoms with Gasteiger partial charge in [0.1, 0.15) is 4.88 Å². The molecule has 0 amide bonds. The van der Waals surface area contributed by atoms with Gasteiger partial charge in [0.05, 0.1) is 13.3 Å². The number of hydrogen-bond acceptors (Lipinski definition) is 5. The van der Waals surface area contributed by atoms with Crippen LogP contribution in [0.4, 0.5) is 5.13 Å². The van der Waals surface area contributed by atoms with Crippen molar-refractivity contribution in [3.8, 4) is 0 Å². The van der Waals surface area contributed by atoms with E-state index in [2.05, 4.69) is 24.1 Å². The number of ether oxygens (including phenoxy) is 1. The van der Waals surface area contributed by atoms with Gasteiger partial charge in [-0.2, -0.15) is 0 Å². The number of thiazole rings is 1. The van der Waals surface area contributed by atoms with Crippen LogP contribution in [0.15, 0.2) is 6.20 Å². The quantitative estimate of drug-likeness (QED) is 0.858. The Kier molecular flexibility index (Phi) is 4.80. The fourth-order valence-electron chi connectivity index (χ4n) is 2.83. The molecule has 0 bridgehead atoms. The first-order valence-electron chi connectivity index (χ1n) is 6.92. The largest absolute Gasteiger partial charge is 0.465 e. The molecule has 1 heterocycles. The van der Waals surface area contributed by atoms with Gasteiger partial charge in [-0.25, -0.2) is 9.78 Å². The van der Waals surface area contributed by atoms with Crippen molar-refractivity contribution in [2.45, 2.75) is 45.6 Å². The number of esters is 1. The van der Waals surface area contributed by atoms with Crippen LogP contribution in [0.3, 0.4) is 0 Å². The van der Waals surface area contributed by atoms with Gasteiger partial charge in [0, 0.05) is 6.04 Å². The molecule has 5 heteroatoms. The maximum Gasteiger partial charge on any atom is 0.349 e. The van der Waals surface area contributed by atoms with Crippen LogP contribution in [-0.4, -0.2) is 24.1 Å². The number of carbonyl (C=O) groups is 1. The van der Waals surface area contributed by atoms with Gasteiger partial charge in [-0.05, 0) is 24.7 Å². The molecule has 1 fully saturated rings. The van der Waals surface area contributed by atoms with Crippen LogP contribution in [0.5, 0.6) is 0 Å². The van der Waals surface area contributed by atoms with Crippen LogP contribution >= 0.6 is 11.3 Å². The molecule has 1 N–H and O–H groups in total. The maximum atomic E-state index is 11.4. The summed E-state index contributed by atoms with van der Waals surface area (Å²) in [5.41, 5.74) is 0. The minimum absolute atomic E-state index is 0.311. The molecule has 4 nitrogen and oxygen atoms in total. The Bertz CT molecular complexity index is 431. The Balaban J connectivity index is 2.02. The molecule has 1 aromatic heterocycles. The Labute approximate surface area is 118 Å². The lowest BCUT2D eigenvalue weighted by atomic mass is 9.78. The van der Waals surface area contributed by atoms with E-state index in [0.717, 1.165) is 5.13 Å². The molecule has 0 saturated heterocycles. The van der Waals surface area contributed by atoms with Gasteiger partial charge >= 0.3 is 5.97 Å². The summed E-state index contributed by atoms with van der Waals surface area (Å²) >= 11 is 1.38. The van der Waals surface area contributed by atoms with E-state index in [1.54, 1.807) is 6.20 Å². The number of rotatable bonds is 4. The highest BCUT2D eigenvalue weighted by Gasteiger charge is 2.28. The molecule has 0 spiro atoms. The molecule has 0 aliphatic heterocycles. The molecule has 2 rings (SSSR count). The number of nitrogens with one attached hydrogen (secondary N) is 1. The zero-order valence-electron chi connectivity index (χ0n) is 11.8. The predicted octanol–water partition coefficient (Wildman–Crippen LogP) is 3.56. The fraction of sp³-hybridized carbons (Fsp3) is 0.714. The number of hydrogen-bond donors (Lipinski definition) is 1. The summed E-state index contributed by atoms with van der Waals surface area (Å²) in [5, 5.41) is 4.34. The average Bonchev–Trinajstić information content (AvgIpc) is 2.86. The molecule has 106 valence electrons. The summed E-state index contributed by atoms with van der Waals surface area (Å²) < 4.78 is 4.70. The van der Waals surface area contributed by atoms with Crippen molar-refractivity contribution in [1.29, 1.82) is 0 Å². The summed E-state index contributed by atoms with van der Waals surface area (Å²) in [4.78, 5) is 16.2. The van der Waals surface area contributed by atoms with E-state index in [9.17, 15) is 4.79 Å². The van der Waals surface area contributed by atoms with Crippen molar-refractivity contribution < 1.29 is 9.53 Å². The molecular formula is C14H22N2O2S. The first kappa shape index (κ1) is 14.3.